The van der Waals surface area contributed by atoms with Crippen LogP contribution in [0.15, 0.2) is 81.8 Å². The SMILES string of the molecule is CCOC(=O)OC(C)OC(=O)C1=C(SC)CSC2C(NC(=O)/C(=N/OCC(=O)OC(c3ccccc3)c3ccccc3)c3csc(N)n3)C(=O)N12. The van der Waals surface area contributed by atoms with Crippen LogP contribution in [0.3, 0.4) is 0 Å². The molecule has 0 spiro atoms. The second kappa shape index (κ2) is 17.2. The number of rotatable bonds is 14. The molecule has 0 aliphatic carbocycles. The molecule has 51 heavy (non-hydrogen) atoms. The van der Waals surface area contributed by atoms with E-state index in [9.17, 15) is 24.0 Å². The van der Waals surface area contributed by atoms with Crippen LogP contribution in [0.2, 0.25) is 0 Å². The lowest BCUT2D eigenvalue weighted by molar-refractivity contribution is -0.168. The Morgan fingerprint density at radius 3 is 2.31 bits per heavy atom. The highest BCUT2D eigenvalue weighted by atomic mass is 32.2. The van der Waals surface area contributed by atoms with Gasteiger partial charge in [0, 0.05) is 23.0 Å². The fraction of sp³-hybridized carbons (Fsp3) is 0.303. The van der Waals surface area contributed by atoms with Crippen LogP contribution in [0.1, 0.15) is 36.8 Å². The van der Waals surface area contributed by atoms with Gasteiger partial charge in [-0.25, -0.2) is 19.4 Å². The molecule has 3 heterocycles. The third-order valence-corrected chi connectivity index (χ3v) is 10.2. The number of fused-ring (bicyclic) bond motifs is 1. The molecule has 2 aromatic carbocycles. The number of β-lactam (4-membered cyclic amide) rings is 1. The number of anilines is 1. The number of hydrogen-bond acceptors (Lipinski definition) is 16. The zero-order chi connectivity index (χ0) is 36.5. The van der Waals surface area contributed by atoms with Crippen LogP contribution in [0.5, 0.6) is 0 Å². The first-order valence-electron chi connectivity index (χ1n) is 15.4. The van der Waals surface area contributed by atoms with Gasteiger partial charge in [-0.05, 0) is 24.3 Å². The van der Waals surface area contributed by atoms with E-state index in [1.165, 1.54) is 40.7 Å². The van der Waals surface area contributed by atoms with Gasteiger partial charge in [-0.1, -0.05) is 65.8 Å². The quantitative estimate of drug-likeness (QED) is 0.0601. The lowest BCUT2D eigenvalue weighted by Crippen LogP contribution is -2.71. The number of oxime groups is 1. The Morgan fingerprint density at radius 1 is 1.06 bits per heavy atom. The van der Waals surface area contributed by atoms with E-state index in [0.29, 0.717) is 10.7 Å². The van der Waals surface area contributed by atoms with Gasteiger partial charge >= 0.3 is 18.1 Å². The second-order valence-electron chi connectivity index (χ2n) is 10.6. The molecule has 1 aromatic heterocycles. The first-order chi connectivity index (χ1) is 24.6. The molecule has 1 saturated heterocycles. The first-order valence-corrected chi connectivity index (χ1v) is 18.5. The summed E-state index contributed by atoms with van der Waals surface area (Å²) >= 11 is 3.63. The van der Waals surface area contributed by atoms with E-state index < -0.39 is 60.3 Å². The van der Waals surface area contributed by atoms with Crippen molar-refractivity contribution in [1.29, 1.82) is 0 Å². The highest BCUT2D eigenvalue weighted by Crippen LogP contribution is 2.43. The number of nitrogens with zero attached hydrogens (tertiary/aromatic N) is 3. The maximum atomic E-state index is 13.6. The van der Waals surface area contributed by atoms with E-state index in [2.05, 4.69) is 15.5 Å². The fourth-order valence-corrected chi connectivity index (χ4v) is 7.76. The molecule has 3 atom stereocenters. The third kappa shape index (κ3) is 9.00. The number of carbonyl (C=O) groups is 5. The monoisotopic (exact) mass is 755 g/mol. The minimum atomic E-state index is -1.30. The smallest absolute Gasteiger partial charge is 0.450 e. The van der Waals surface area contributed by atoms with Gasteiger partial charge in [0.25, 0.3) is 11.8 Å². The van der Waals surface area contributed by atoms with Crippen molar-refractivity contribution in [3.63, 3.8) is 0 Å². The minimum absolute atomic E-state index is 0.0200. The van der Waals surface area contributed by atoms with Crippen molar-refractivity contribution < 1.29 is 47.8 Å². The number of nitrogens with two attached hydrogens (primary N) is 1. The van der Waals surface area contributed by atoms with Crippen molar-refractivity contribution in [2.45, 2.75) is 37.7 Å². The molecular formula is C33H33N5O10S3. The molecule has 268 valence electrons. The van der Waals surface area contributed by atoms with E-state index in [-0.39, 0.29) is 28.8 Å². The van der Waals surface area contributed by atoms with E-state index in [4.69, 9.17) is 29.5 Å². The Morgan fingerprint density at radius 2 is 1.73 bits per heavy atom. The summed E-state index contributed by atoms with van der Waals surface area (Å²) in [7, 11) is 0. The number of benzene rings is 2. The standard InChI is InChI=1S/C33H33N5O10S3/c1-4-44-33(43)47-18(2)46-31(42)26-22(49-3)17-50-30-25(29(41)38(26)30)36-28(40)24(21-16-51-32(34)35-21)37-45-15-23(39)48-27(19-11-7-5-8-12-19)20-13-9-6-10-14-20/h5-14,16,18,25,27,30H,4,15,17H2,1-3H3,(H2,34,35)(H,36,40)/b37-24+. The van der Waals surface area contributed by atoms with Gasteiger partial charge < -0.3 is 34.8 Å². The molecule has 0 radical (unpaired) electrons. The van der Waals surface area contributed by atoms with Crippen LogP contribution in [0.25, 0.3) is 0 Å². The highest BCUT2D eigenvalue weighted by molar-refractivity contribution is 8.05. The van der Waals surface area contributed by atoms with Crippen LogP contribution >= 0.6 is 34.9 Å². The topological polar surface area (TPSA) is 198 Å². The third-order valence-electron chi connectivity index (χ3n) is 7.23. The molecule has 0 saturated carbocycles. The molecule has 1 fully saturated rings. The highest BCUT2D eigenvalue weighted by Gasteiger charge is 2.55. The van der Waals surface area contributed by atoms with E-state index in [1.807, 2.05) is 60.7 Å². The molecule has 3 N–H and O–H groups in total. The zero-order valence-corrected chi connectivity index (χ0v) is 30.0. The number of hydrogen-bond donors (Lipinski definition) is 2. The van der Waals surface area contributed by atoms with E-state index >= 15 is 0 Å². The van der Waals surface area contributed by atoms with Gasteiger partial charge in [0.2, 0.25) is 12.9 Å². The number of amides is 2. The van der Waals surface area contributed by atoms with Gasteiger partial charge in [0.05, 0.1) is 6.61 Å². The predicted molar refractivity (Wildman–Crippen MR) is 189 cm³/mol. The van der Waals surface area contributed by atoms with Crippen molar-refractivity contribution in [2.75, 3.05) is 31.0 Å². The number of ether oxygens (including phenoxy) is 4. The molecular weight excluding hydrogens is 723 g/mol. The lowest BCUT2D eigenvalue weighted by atomic mass is 10.0. The number of carbonyl (C=O) groups excluding carboxylic acids is 5. The zero-order valence-electron chi connectivity index (χ0n) is 27.5. The summed E-state index contributed by atoms with van der Waals surface area (Å²) in [5.41, 5.74) is 6.99. The van der Waals surface area contributed by atoms with Gasteiger partial charge in [-0.2, -0.15) is 0 Å². The second-order valence-corrected chi connectivity index (χ2v) is 13.5. The fourth-order valence-electron chi connectivity index (χ4n) is 4.96. The first kappa shape index (κ1) is 37.2. The van der Waals surface area contributed by atoms with Crippen molar-refractivity contribution in [1.82, 2.24) is 15.2 Å². The summed E-state index contributed by atoms with van der Waals surface area (Å²) in [5.74, 6) is -2.73. The largest absolute Gasteiger partial charge is 0.511 e. The lowest BCUT2D eigenvalue weighted by Gasteiger charge is -2.49. The molecule has 0 bridgehead atoms. The predicted octanol–water partition coefficient (Wildman–Crippen LogP) is 3.82. The number of aromatic nitrogens is 1. The number of thioether (sulfide) groups is 2. The minimum Gasteiger partial charge on any atom is -0.450 e. The van der Waals surface area contributed by atoms with Gasteiger partial charge in [-0.3, -0.25) is 14.5 Å². The summed E-state index contributed by atoms with van der Waals surface area (Å²) in [6, 6.07) is 17.3. The van der Waals surface area contributed by atoms with Crippen LogP contribution in [-0.2, 0) is 43.0 Å². The van der Waals surface area contributed by atoms with Crippen LogP contribution < -0.4 is 11.1 Å². The normalized spacial score (nSPS) is 17.5. The van der Waals surface area contributed by atoms with Crippen molar-refractivity contribution in [3.8, 4) is 0 Å². The van der Waals surface area contributed by atoms with Crippen molar-refractivity contribution in [2.24, 2.45) is 5.16 Å². The average Bonchev–Trinajstić information content (AvgIpc) is 3.56. The Bertz CT molecular complexity index is 1780. The van der Waals surface area contributed by atoms with Gasteiger partial charge in [0.15, 0.2) is 16.9 Å². The molecule has 2 aliphatic heterocycles. The van der Waals surface area contributed by atoms with Crippen LogP contribution in [0.4, 0.5) is 9.93 Å². The number of nitrogen functional groups attached to an aromatic ring is 1. The summed E-state index contributed by atoms with van der Waals surface area (Å²) in [5, 5.41) is 7.48. The average molecular weight is 756 g/mol. The summed E-state index contributed by atoms with van der Waals surface area (Å²) < 4.78 is 20.6. The van der Waals surface area contributed by atoms with Gasteiger partial charge in [-0.15, -0.1) is 34.9 Å². The molecule has 3 unspecified atom stereocenters. The number of nitrogens with one attached hydrogen (secondary N) is 1. The van der Waals surface area contributed by atoms with E-state index in [0.717, 1.165) is 22.5 Å². The Balaban J connectivity index is 1.26. The molecule has 15 nitrogen and oxygen atoms in total. The summed E-state index contributed by atoms with van der Waals surface area (Å²) in [6.07, 6.45) is -1.28. The molecule has 5 rings (SSSR count). The van der Waals surface area contributed by atoms with E-state index in [1.54, 1.807) is 13.2 Å². The Hall–Kier alpha value is -5.07. The Labute approximate surface area is 304 Å². The van der Waals surface area contributed by atoms with Gasteiger partial charge in [0.1, 0.15) is 22.8 Å². The maximum absolute atomic E-state index is 13.6. The van der Waals surface area contributed by atoms with Crippen molar-refractivity contribution in [3.05, 3.63) is 93.5 Å². The molecule has 3 aromatic rings. The van der Waals surface area contributed by atoms with Crippen LogP contribution in [-0.4, -0.2) is 88.4 Å². The molecule has 18 heteroatoms. The number of esters is 2. The number of thiazole rings is 1. The molecule has 2 aliphatic rings. The maximum Gasteiger partial charge on any atom is 0.511 e. The summed E-state index contributed by atoms with van der Waals surface area (Å²) in [6.45, 7) is 2.36. The van der Waals surface area contributed by atoms with Crippen molar-refractivity contribution >= 4 is 75.6 Å². The Kier molecular flexibility index (Phi) is 12.6. The van der Waals surface area contributed by atoms with Crippen LogP contribution in [0, 0.1) is 0 Å². The molecule has 2 amide bonds. The summed E-state index contributed by atoms with van der Waals surface area (Å²) in [4.78, 5) is 76.0.